The molecule has 0 spiro atoms. The van der Waals surface area contributed by atoms with Crippen molar-refractivity contribution >= 4 is 26.5 Å². The van der Waals surface area contributed by atoms with Crippen molar-refractivity contribution in [2.75, 3.05) is 0 Å². The summed E-state index contributed by atoms with van der Waals surface area (Å²) in [6, 6.07) is 27.5. The van der Waals surface area contributed by atoms with E-state index in [2.05, 4.69) is 102 Å². The predicted octanol–water partition coefficient (Wildman–Crippen LogP) is -0.140. The summed E-state index contributed by atoms with van der Waals surface area (Å²) in [6.07, 6.45) is 11.0. The zero-order valence-electron chi connectivity index (χ0n) is 16.5. The van der Waals surface area contributed by atoms with E-state index in [4.69, 9.17) is 0 Å². The van der Waals surface area contributed by atoms with Gasteiger partial charge in [0.1, 0.15) is 0 Å². The van der Waals surface area contributed by atoms with E-state index >= 15 is 0 Å². The van der Waals surface area contributed by atoms with Gasteiger partial charge in [-0.1, -0.05) is 72.8 Å². The molecule has 6 rings (SSSR count). The fourth-order valence-electron chi connectivity index (χ4n) is 3.46. The van der Waals surface area contributed by atoms with Gasteiger partial charge in [-0.25, -0.2) is 0 Å². The Morgan fingerprint density at radius 2 is 1.13 bits per heavy atom. The van der Waals surface area contributed by atoms with Crippen LogP contribution in [-0.2, 0) is 37.6 Å². The minimum absolute atomic E-state index is 0. The molecule has 0 aliphatic heterocycles. The molecular formula is C26H22Cl2NZr. The molecule has 1 aromatic heterocycles. The number of aromatic amines is 1. The summed E-state index contributed by atoms with van der Waals surface area (Å²) in [4.78, 5) is 3.30. The van der Waals surface area contributed by atoms with Gasteiger partial charge in [0, 0.05) is 0 Å². The molecule has 2 aliphatic carbocycles. The average Bonchev–Trinajstić information content (AvgIpc) is 3.46. The summed E-state index contributed by atoms with van der Waals surface area (Å²) < 4.78 is 1.31. The number of rotatable bonds is 0. The summed E-state index contributed by atoms with van der Waals surface area (Å²) in [5.74, 6) is 0. The van der Waals surface area contributed by atoms with Gasteiger partial charge in [0.2, 0.25) is 0 Å². The molecule has 0 saturated heterocycles. The standard InChI is InChI=1S/2C9H8.C8H6N.2ClH.Zr/c2*1-2-5-9-7-3-6-8(9)4-1;1-2-4-8-7(3-1)5-6-9-8;;;/h2*1-6H,7H2;1-5,9H;2*1H;/q;;;;;+2/p-2. The van der Waals surface area contributed by atoms with Crippen LogP contribution in [-0.4, -0.2) is 4.98 Å². The predicted molar refractivity (Wildman–Crippen MR) is 116 cm³/mol. The molecule has 3 aromatic carbocycles. The van der Waals surface area contributed by atoms with Gasteiger partial charge in [-0.3, -0.25) is 0 Å². The fourth-order valence-corrected chi connectivity index (χ4v) is 4.18. The Bertz CT molecular complexity index is 1060. The van der Waals surface area contributed by atoms with E-state index in [1.165, 1.54) is 61.3 Å². The first-order valence-corrected chi connectivity index (χ1v) is 10.8. The van der Waals surface area contributed by atoms with Crippen molar-refractivity contribution in [1.29, 1.82) is 0 Å². The molecule has 149 valence electrons. The van der Waals surface area contributed by atoms with Crippen molar-refractivity contribution in [1.82, 2.24) is 4.98 Å². The van der Waals surface area contributed by atoms with Crippen LogP contribution in [0.3, 0.4) is 0 Å². The van der Waals surface area contributed by atoms with Crippen LogP contribution >= 0.6 is 0 Å². The van der Waals surface area contributed by atoms with E-state index in [9.17, 15) is 0 Å². The van der Waals surface area contributed by atoms with E-state index in [1.807, 2.05) is 6.07 Å². The van der Waals surface area contributed by atoms with Crippen molar-refractivity contribution < 1.29 is 49.5 Å². The molecule has 0 unspecified atom stereocenters. The number of allylic oxidation sites excluding steroid dienone is 2. The number of fused-ring (bicyclic) bond motifs is 3. The number of halogens is 2. The Hall–Kier alpha value is -1.86. The molecule has 0 amide bonds. The van der Waals surface area contributed by atoms with Gasteiger partial charge in [0.25, 0.3) is 0 Å². The van der Waals surface area contributed by atoms with E-state index < -0.39 is 0 Å². The Morgan fingerprint density at radius 1 is 0.633 bits per heavy atom. The van der Waals surface area contributed by atoms with Crippen LogP contribution in [0.2, 0.25) is 0 Å². The zero-order chi connectivity index (χ0) is 19.2. The summed E-state index contributed by atoms with van der Waals surface area (Å²) in [6.45, 7) is 0. The van der Waals surface area contributed by atoms with Crippen LogP contribution in [0, 0.1) is 0 Å². The zero-order valence-corrected chi connectivity index (χ0v) is 20.5. The first-order valence-electron chi connectivity index (χ1n) is 9.58. The van der Waals surface area contributed by atoms with E-state index in [0.717, 1.165) is 12.8 Å². The molecule has 30 heavy (non-hydrogen) atoms. The van der Waals surface area contributed by atoms with Crippen molar-refractivity contribution in [2.24, 2.45) is 0 Å². The topological polar surface area (TPSA) is 15.8 Å². The third-order valence-electron chi connectivity index (χ3n) is 4.91. The van der Waals surface area contributed by atoms with E-state index in [-0.39, 0.29) is 24.8 Å². The molecule has 1 nitrogen and oxygen atoms in total. The molecule has 1 heterocycles. The van der Waals surface area contributed by atoms with Crippen molar-refractivity contribution in [3.63, 3.8) is 0 Å². The summed E-state index contributed by atoms with van der Waals surface area (Å²) in [7, 11) is 0. The first kappa shape index (κ1) is 24.4. The van der Waals surface area contributed by atoms with Crippen LogP contribution < -0.4 is 28.2 Å². The molecule has 2 aliphatic rings. The van der Waals surface area contributed by atoms with E-state index in [0.29, 0.717) is 0 Å². The van der Waals surface area contributed by atoms with Crippen LogP contribution in [0.1, 0.15) is 22.3 Å². The second-order valence-corrected chi connectivity index (χ2v) is 8.20. The molecule has 0 radical (unpaired) electrons. The fraction of sp³-hybridized carbons (Fsp3) is 0.0769. The number of benzene rings is 3. The minimum atomic E-state index is 0. The monoisotopic (exact) mass is 508 g/mol. The SMILES string of the molecule is C1=Cc2ccccc2C1.C1=Cc2ccccc2C1.[Cl-].[Cl-].[Zr+2][c]1cc2ccccc2[nH]1. The van der Waals surface area contributed by atoms with Gasteiger partial charge in [0.15, 0.2) is 0 Å². The number of para-hydroxylation sites is 1. The van der Waals surface area contributed by atoms with Crippen molar-refractivity contribution in [3.8, 4) is 0 Å². The molecule has 1 N–H and O–H groups in total. The third-order valence-corrected chi connectivity index (χ3v) is 5.57. The van der Waals surface area contributed by atoms with Gasteiger partial charge in [-0.05, 0) is 35.1 Å². The maximum atomic E-state index is 3.30. The van der Waals surface area contributed by atoms with Crippen LogP contribution in [0.15, 0.2) is 91.0 Å². The van der Waals surface area contributed by atoms with E-state index in [1.54, 1.807) is 0 Å². The number of H-pyrrole nitrogens is 1. The second-order valence-electron chi connectivity index (χ2n) is 6.88. The Morgan fingerprint density at radius 3 is 1.67 bits per heavy atom. The number of hydrogen-bond acceptors (Lipinski definition) is 0. The molecule has 4 aromatic rings. The Balaban J connectivity index is 0.000000155. The summed E-state index contributed by atoms with van der Waals surface area (Å²) >= 11 is 1.45. The van der Waals surface area contributed by atoms with Crippen LogP contribution in [0.25, 0.3) is 23.1 Å². The van der Waals surface area contributed by atoms with Gasteiger partial charge in [-0.2, -0.15) is 0 Å². The average molecular weight is 511 g/mol. The normalized spacial score (nSPS) is 11.8. The first-order chi connectivity index (χ1) is 13.8. The molecule has 4 heteroatoms. The van der Waals surface area contributed by atoms with Crippen LogP contribution in [0.5, 0.6) is 0 Å². The summed E-state index contributed by atoms with van der Waals surface area (Å²) in [5.41, 5.74) is 6.93. The van der Waals surface area contributed by atoms with Gasteiger partial charge in [-0.15, -0.1) is 0 Å². The molecular weight excluding hydrogens is 488 g/mol. The van der Waals surface area contributed by atoms with Crippen molar-refractivity contribution in [3.05, 3.63) is 113 Å². The molecule has 0 fully saturated rings. The van der Waals surface area contributed by atoms with Gasteiger partial charge < -0.3 is 24.8 Å². The molecule has 0 atom stereocenters. The number of aromatic nitrogens is 1. The molecule has 0 bridgehead atoms. The second kappa shape index (κ2) is 12.1. The number of nitrogens with one attached hydrogen (secondary N) is 1. The Kier molecular flexibility index (Phi) is 9.85. The Labute approximate surface area is 206 Å². The van der Waals surface area contributed by atoms with Gasteiger partial charge >= 0.3 is 74.3 Å². The quantitative estimate of drug-likeness (QED) is 0.339. The summed E-state index contributed by atoms with van der Waals surface area (Å²) in [5, 5.41) is 1.31. The van der Waals surface area contributed by atoms with Crippen molar-refractivity contribution in [2.45, 2.75) is 12.8 Å². The van der Waals surface area contributed by atoms with Crippen LogP contribution in [0.4, 0.5) is 0 Å². The maximum absolute atomic E-state index is 3.30. The third kappa shape index (κ3) is 6.32. The van der Waals surface area contributed by atoms with Gasteiger partial charge in [0.05, 0.1) is 0 Å². The molecule has 0 saturated carbocycles. The number of hydrogen-bond donors (Lipinski definition) is 1.